The van der Waals surface area contributed by atoms with Crippen molar-refractivity contribution in [1.82, 2.24) is 0 Å². The van der Waals surface area contributed by atoms with Crippen LogP contribution in [0.5, 0.6) is 0 Å². The second kappa shape index (κ2) is 6.39. The molecule has 3 aromatic rings. The fourth-order valence-corrected chi connectivity index (χ4v) is 2.60. The molecule has 22 heavy (non-hydrogen) atoms. The summed E-state index contributed by atoms with van der Waals surface area (Å²) in [6.07, 6.45) is 1.95. The minimum absolute atomic E-state index is 0.282. The van der Waals surface area contributed by atoms with Crippen LogP contribution in [0, 0.1) is 0 Å². The summed E-state index contributed by atoms with van der Waals surface area (Å²) < 4.78 is 7.21. The van der Waals surface area contributed by atoms with Crippen LogP contribution in [-0.2, 0) is 11.3 Å². The molecule has 0 saturated carbocycles. The lowest BCUT2D eigenvalue weighted by Gasteiger charge is -2.07. The van der Waals surface area contributed by atoms with Crippen molar-refractivity contribution >= 4 is 16.7 Å². The van der Waals surface area contributed by atoms with E-state index >= 15 is 0 Å². The summed E-state index contributed by atoms with van der Waals surface area (Å²) >= 11 is 0. The van der Waals surface area contributed by atoms with Gasteiger partial charge in [0.25, 0.3) is 5.69 Å². The Balaban J connectivity index is 2.12. The maximum atomic E-state index is 12.4. The Kier molecular flexibility index (Phi) is 4.15. The van der Waals surface area contributed by atoms with E-state index in [0.29, 0.717) is 18.8 Å². The van der Waals surface area contributed by atoms with Crippen LogP contribution in [-0.4, -0.2) is 12.6 Å². The van der Waals surface area contributed by atoms with Crippen LogP contribution in [0.3, 0.4) is 0 Å². The van der Waals surface area contributed by atoms with Crippen molar-refractivity contribution in [3.05, 3.63) is 78.1 Å². The number of carbonyl (C=O) groups is 1. The number of nitrogens with zero attached hydrogens (tertiary/aromatic N) is 1. The summed E-state index contributed by atoms with van der Waals surface area (Å²) in [6.45, 7) is 2.83. The number of pyridine rings is 1. The van der Waals surface area contributed by atoms with Gasteiger partial charge in [-0.3, -0.25) is 0 Å². The average Bonchev–Trinajstić information content (AvgIpc) is 2.55. The topological polar surface area (TPSA) is 30.2 Å². The zero-order chi connectivity index (χ0) is 15.4. The highest BCUT2D eigenvalue weighted by atomic mass is 16.5. The lowest BCUT2D eigenvalue weighted by molar-refractivity contribution is -0.689. The molecule has 0 bridgehead atoms. The Labute approximate surface area is 129 Å². The van der Waals surface area contributed by atoms with Crippen LogP contribution in [0.15, 0.2) is 66.9 Å². The first-order valence-corrected chi connectivity index (χ1v) is 7.42. The Morgan fingerprint density at radius 2 is 1.73 bits per heavy atom. The number of hydrogen-bond donors (Lipinski definition) is 0. The van der Waals surface area contributed by atoms with Crippen LogP contribution in [0.25, 0.3) is 10.8 Å². The molecule has 0 atom stereocenters. The highest BCUT2D eigenvalue weighted by molar-refractivity contribution is 6.01. The van der Waals surface area contributed by atoms with Gasteiger partial charge in [0, 0.05) is 11.6 Å². The van der Waals surface area contributed by atoms with E-state index in [1.807, 2.05) is 66.2 Å². The zero-order valence-corrected chi connectivity index (χ0v) is 12.5. The first-order valence-electron chi connectivity index (χ1n) is 7.42. The first-order chi connectivity index (χ1) is 10.8. The lowest BCUT2D eigenvalue weighted by Crippen LogP contribution is -2.41. The maximum absolute atomic E-state index is 12.4. The summed E-state index contributed by atoms with van der Waals surface area (Å²) in [6, 6.07) is 20.0. The van der Waals surface area contributed by atoms with Gasteiger partial charge >= 0.3 is 5.97 Å². The van der Waals surface area contributed by atoms with E-state index in [-0.39, 0.29) is 5.97 Å². The molecule has 0 aliphatic carbocycles. The second-order valence-electron chi connectivity index (χ2n) is 5.09. The molecular weight excluding hydrogens is 274 g/mol. The summed E-state index contributed by atoms with van der Waals surface area (Å²) in [5.74, 6) is -0.282. The van der Waals surface area contributed by atoms with Gasteiger partial charge in [0.1, 0.15) is 0 Å². The van der Waals surface area contributed by atoms with Gasteiger partial charge in [0.05, 0.1) is 12.0 Å². The molecule has 0 amide bonds. The summed E-state index contributed by atoms with van der Waals surface area (Å²) in [5.41, 5.74) is 1.75. The standard InChI is InChI=1S/C19H18NO2/c1-2-22-19(21)18-17-11-7-6-10-16(17)12-13-20(18)14-15-8-4-3-5-9-15/h3-13H,2,14H2,1H3/q+1. The highest BCUT2D eigenvalue weighted by Crippen LogP contribution is 2.16. The third-order valence-corrected chi connectivity index (χ3v) is 3.60. The third kappa shape index (κ3) is 2.84. The monoisotopic (exact) mass is 292 g/mol. The molecule has 0 N–H and O–H groups in total. The molecule has 0 radical (unpaired) electrons. The van der Waals surface area contributed by atoms with Crippen molar-refractivity contribution in [2.75, 3.05) is 6.61 Å². The van der Waals surface area contributed by atoms with Gasteiger partial charge in [-0.05, 0) is 18.4 Å². The van der Waals surface area contributed by atoms with E-state index in [1.165, 1.54) is 0 Å². The van der Waals surface area contributed by atoms with Gasteiger partial charge in [0.15, 0.2) is 12.7 Å². The molecule has 3 nitrogen and oxygen atoms in total. The van der Waals surface area contributed by atoms with E-state index in [2.05, 4.69) is 12.1 Å². The predicted molar refractivity (Wildman–Crippen MR) is 85.6 cm³/mol. The van der Waals surface area contributed by atoms with Crippen LogP contribution in [0.4, 0.5) is 0 Å². The molecule has 1 heterocycles. The molecule has 110 valence electrons. The first kappa shape index (κ1) is 14.3. The molecule has 1 aromatic heterocycles. The van der Waals surface area contributed by atoms with E-state index < -0.39 is 0 Å². The van der Waals surface area contributed by atoms with Crippen molar-refractivity contribution in [2.24, 2.45) is 0 Å². The van der Waals surface area contributed by atoms with Crippen LogP contribution in [0.1, 0.15) is 23.0 Å². The van der Waals surface area contributed by atoms with Gasteiger partial charge < -0.3 is 4.74 Å². The Bertz CT molecular complexity index is 797. The summed E-state index contributed by atoms with van der Waals surface area (Å²) in [4.78, 5) is 12.4. The number of carbonyl (C=O) groups excluding carboxylic acids is 1. The molecular formula is C19H18NO2+. The van der Waals surface area contributed by atoms with Gasteiger partial charge in [-0.1, -0.05) is 48.5 Å². The van der Waals surface area contributed by atoms with Gasteiger partial charge in [-0.2, -0.15) is 4.57 Å². The minimum atomic E-state index is -0.282. The lowest BCUT2D eigenvalue weighted by atomic mass is 10.1. The molecule has 0 aliphatic rings. The number of benzene rings is 2. The smallest absolute Gasteiger partial charge is 0.404 e. The van der Waals surface area contributed by atoms with Gasteiger partial charge in [-0.15, -0.1) is 0 Å². The van der Waals surface area contributed by atoms with Crippen molar-refractivity contribution < 1.29 is 14.1 Å². The molecule has 3 heteroatoms. The number of rotatable bonds is 4. The molecule has 2 aromatic carbocycles. The summed E-state index contributed by atoms with van der Waals surface area (Å²) in [5, 5.41) is 1.95. The molecule has 0 unspecified atom stereocenters. The average molecular weight is 292 g/mol. The van der Waals surface area contributed by atoms with Crippen LogP contribution < -0.4 is 4.57 Å². The molecule has 0 fully saturated rings. The number of fused-ring (bicyclic) bond motifs is 1. The van der Waals surface area contributed by atoms with Crippen LogP contribution in [0.2, 0.25) is 0 Å². The van der Waals surface area contributed by atoms with E-state index in [1.54, 1.807) is 0 Å². The normalized spacial score (nSPS) is 10.6. The Morgan fingerprint density at radius 3 is 2.50 bits per heavy atom. The molecule has 0 saturated heterocycles. The van der Waals surface area contributed by atoms with Gasteiger partial charge in [0.2, 0.25) is 0 Å². The summed E-state index contributed by atoms with van der Waals surface area (Å²) in [7, 11) is 0. The van der Waals surface area contributed by atoms with E-state index in [9.17, 15) is 4.79 Å². The van der Waals surface area contributed by atoms with E-state index in [0.717, 1.165) is 16.3 Å². The molecule has 0 spiro atoms. The second-order valence-corrected chi connectivity index (χ2v) is 5.09. The van der Waals surface area contributed by atoms with Crippen molar-refractivity contribution in [3.63, 3.8) is 0 Å². The molecule has 0 aliphatic heterocycles. The number of hydrogen-bond acceptors (Lipinski definition) is 2. The van der Waals surface area contributed by atoms with Crippen LogP contribution >= 0.6 is 0 Å². The Hall–Kier alpha value is -2.68. The quantitative estimate of drug-likeness (QED) is 0.545. The predicted octanol–water partition coefficient (Wildman–Crippen LogP) is 3.35. The van der Waals surface area contributed by atoms with E-state index in [4.69, 9.17) is 4.74 Å². The minimum Gasteiger partial charge on any atom is -0.458 e. The number of esters is 1. The molecule has 3 rings (SSSR count). The third-order valence-electron chi connectivity index (χ3n) is 3.60. The van der Waals surface area contributed by atoms with Crippen molar-refractivity contribution in [3.8, 4) is 0 Å². The maximum Gasteiger partial charge on any atom is 0.404 e. The SMILES string of the molecule is CCOC(=O)c1c2ccccc2cc[n+]1Cc1ccccc1. The number of aromatic nitrogens is 1. The largest absolute Gasteiger partial charge is 0.458 e. The fraction of sp³-hybridized carbons (Fsp3) is 0.158. The highest BCUT2D eigenvalue weighted by Gasteiger charge is 2.24. The fourth-order valence-electron chi connectivity index (χ4n) is 2.60. The van der Waals surface area contributed by atoms with Crippen molar-refractivity contribution in [1.29, 1.82) is 0 Å². The van der Waals surface area contributed by atoms with Gasteiger partial charge in [-0.25, -0.2) is 4.79 Å². The number of ether oxygens (including phenoxy) is 1. The van der Waals surface area contributed by atoms with Crippen molar-refractivity contribution in [2.45, 2.75) is 13.5 Å². The zero-order valence-electron chi connectivity index (χ0n) is 12.5. The Morgan fingerprint density at radius 1 is 1.00 bits per heavy atom.